The summed E-state index contributed by atoms with van der Waals surface area (Å²) in [5.74, 6) is 1.19. The number of benzene rings is 3. The second-order valence-electron chi connectivity index (χ2n) is 11.0. The molecule has 0 saturated carbocycles. The molecule has 2 amide bonds. The number of methoxy groups -OCH3 is 1. The molecule has 2 aliphatic heterocycles. The molecule has 3 unspecified atom stereocenters. The summed E-state index contributed by atoms with van der Waals surface area (Å²) in [5.41, 5.74) is 4.12. The Balaban J connectivity index is 1.18. The number of hydrogen-bond donors (Lipinski definition) is 3. The van der Waals surface area contributed by atoms with Gasteiger partial charge < -0.3 is 20.7 Å². The second kappa shape index (κ2) is 11.8. The van der Waals surface area contributed by atoms with E-state index in [9.17, 15) is 9.59 Å². The highest BCUT2D eigenvalue weighted by atomic mass is 35.5. The molecule has 3 N–H and O–H groups in total. The molecule has 0 saturated heterocycles. The van der Waals surface area contributed by atoms with E-state index in [-0.39, 0.29) is 23.8 Å². The number of amides is 2. The van der Waals surface area contributed by atoms with E-state index in [4.69, 9.17) is 26.3 Å². The third-order valence-corrected chi connectivity index (χ3v) is 9.18. The molecular weight excluding hydrogens is 582 g/mol. The molecule has 43 heavy (non-hydrogen) atoms. The van der Waals surface area contributed by atoms with E-state index >= 15 is 0 Å². The molecule has 2 bridgehead atoms. The normalized spacial score (nSPS) is 20.1. The zero-order chi connectivity index (χ0) is 30.1. The lowest BCUT2D eigenvalue weighted by molar-refractivity contribution is -0.127. The fourth-order valence-corrected chi connectivity index (χ4v) is 6.83. The summed E-state index contributed by atoms with van der Waals surface area (Å²) in [6.45, 7) is 4.99. The monoisotopic (exact) mass is 613 g/mol. The van der Waals surface area contributed by atoms with Crippen molar-refractivity contribution in [3.8, 4) is 17.0 Å². The van der Waals surface area contributed by atoms with Crippen molar-refractivity contribution < 1.29 is 14.3 Å². The number of thiazole rings is 1. The summed E-state index contributed by atoms with van der Waals surface area (Å²) >= 11 is 7.56. The first-order valence-electron chi connectivity index (χ1n) is 14.2. The fraction of sp³-hybridized carbons (Fsp3) is 0.273. The van der Waals surface area contributed by atoms with Crippen LogP contribution in [-0.4, -0.2) is 36.3 Å². The van der Waals surface area contributed by atoms with Gasteiger partial charge in [-0.2, -0.15) is 0 Å². The van der Waals surface area contributed by atoms with Gasteiger partial charge in [-0.3, -0.25) is 14.6 Å². The SMILES string of the molecule is CCCNC1=NC2c3ccccc3C1CC2(C)C(=O)Nc1nc(-c2cccc(C(=O)Nc3ccc(OC)c(Cl)c3)c2)cs1. The maximum atomic E-state index is 13.8. The zero-order valence-electron chi connectivity index (χ0n) is 24.1. The number of aromatic nitrogens is 1. The van der Waals surface area contributed by atoms with Crippen LogP contribution in [0.1, 0.15) is 60.1 Å². The Bertz CT molecular complexity index is 1740. The second-order valence-corrected chi connectivity index (χ2v) is 12.3. The molecule has 4 aromatic rings. The zero-order valence-corrected chi connectivity index (χ0v) is 25.7. The molecule has 3 aromatic carbocycles. The predicted molar refractivity (Wildman–Crippen MR) is 173 cm³/mol. The van der Waals surface area contributed by atoms with E-state index in [0.29, 0.717) is 39.3 Å². The summed E-state index contributed by atoms with van der Waals surface area (Å²) in [7, 11) is 1.54. The molecule has 0 spiro atoms. The number of aliphatic imine (C=N–C) groups is 1. The number of amidine groups is 1. The van der Waals surface area contributed by atoms with Crippen molar-refractivity contribution in [1.29, 1.82) is 0 Å². The highest BCUT2D eigenvalue weighted by Gasteiger charge is 2.53. The van der Waals surface area contributed by atoms with Gasteiger partial charge in [-0.05, 0) is 61.2 Å². The van der Waals surface area contributed by atoms with E-state index in [0.717, 1.165) is 29.9 Å². The van der Waals surface area contributed by atoms with Gasteiger partial charge in [0.1, 0.15) is 11.6 Å². The molecule has 0 radical (unpaired) electrons. The summed E-state index contributed by atoms with van der Waals surface area (Å²) in [4.78, 5) is 36.6. The molecule has 3 heterocycles. The molecule has 1 aromatic heterocycles. The first-order chi connectivity index (χ1) is 20.8. The van der Waals surface area contributed by atoms with E-state index in [2.05, 4.69) is 41.1 Å². The Labute approximate surface area is 259 Å². The minimum absolute atomic E-state index is 0.0539. The van der Waals surface area contributed by atoms with Crippen molar-refractivity contribution in [2.24, 2.45) is 10.4 Å². The van der Waals surface area contributed by atoms with Gasteiger partial charge >= 0.3 is 0 Å². The molecular formula is C33H32ClN5O3S. The van der Waals surface area contributed by atoms with Gasteiger partial charge in [0.05, 0.1) is 29.3 Å². The van der Waals surface area contributed by atoms with Gasteiger partial charge in [-0.15, -0.1) is 11.3 Å². The van der Waals surface area contributed by atoms with Crippen molar-refractivity contribution in [1.82, 2.24) is 10.3 Å². The van der Waals surface area contributed by atoms with Gasteiger partial charge in [-0.1, -0.05) is 54.9 Å². The molecule has 1 aliphatic carbocycles. The van der Waals surface area contributed by atoms with Crippen LogP contribution < -0.4 is 20.7 Å². The smallest absolute Gasteiger partial charge is 0.255 e. The average molecular weight is 614 g/mol. The van der Waals surface area contributed by atoms with Crippen LogP contribution in [0, 0.1) is 5.41 Å². The van der Waals surface area contributed by atoms with Gasteiger partial charge in [0.2, 0.25) is 5.91 Å². The number of ether oxygens (including phenoxy) is 1. The number of carbonyl (C=O) groups is 2. The van der Waals surface area contributed by atoms with Crippen molar-refractivity contribution in [2.45, 2.75) is 38.6 Å². The lowest BCUT2D eigenvalue weighted by Gasteiger charge is -2.47. The van der Waals surface area contributed by atoms with Gasteiger partial charge in [0, 0.05) is 34.7 Å². The maximum absolute atomic E-state index is 13.8. The topological polar surface area (TPSA) is 105 Å². The maximum Gasteiger partial charge on any atom is 0.255 e. The molecule has 10 heteroatoms. The van der Waals surface area contributed by atoms with Crippen LogP contribution in [0.25, 0.3) is 11.3 Å². The predicted octanol–water partition coefficient (Wildman–Crippen LogP) is 7.31. The van der Waals surface area contributed by atoms with Crippen LogP contribution in [0.15, 0.2) is 77.1 Å². The van der Waals surface area contributed by atoms with Crippen molar-refractivity contribution in [3.05, 3.63) is 93.8 Å². The molecule has 3 aliphatic rings. The van der Waals surface area contributed by atoms with Crippen LogP contribution in [0.3, 0.4) is 0 Å². The Hall–Kier alpha value is -4.21. The van der Waals surface area contributed by atoms with Crippen LogP contribution >= 0.6 is 22.9 Å². The van der Waals surface area contributed by atoms with Crippen molar-refractivity contribution in [2.75, 3.05) is 24.3 Å². The number of fused-ring (bicyclic) bond motifs is 1. The third-order valence-electron chi connectivity index (χ3n) is 8.13. The van der Waals surface area contributed by atoms with Crippen LogP contribution in [0.4, 0.5) is 10.8 Å². The Kier molecular flexibility index (Phi) is 7.94. The number of halogens is 1. The van der Waals surface area contributed by atoms with E-state index in [1.807, 2.05) is 30.5 Å². The molecule has 7 rings (SSSR count). The summed E-state index contributed by atoms with van der Waals surface area (Å²) in [6.07, 6.45) is 1.68. The Morgan fingerprint density at radius 3 is 2.65 bits per heavy atom. The molecule has 0 fully saturated rings. The lowest BCUT2D eigenvalue weighted by atomic mass is 9.62. The summed E-state index contributed by atoms with van der Waals surface area (Å²) < 4.78 is 5.18. The lowest BCUT2D eigenvalue weighted by Crippen LogP contribution is -2.50. The fourth-order valence-electron chi connectivity index (χ4n) is 5.86. The van der Waals surface area contributed by atoms with E-state index < -0.39 is 5.41 Å². The first kappa shape index (κ1) is 28.9. The standard InChI is InChI=1S/C33H32ClN5O3S/c1-4-14-35-29-24-17-33(2,28(38-29)23-11-6-5-10-22(23)24)31(41)39-32-37-26(18-43-32)19-8-7-9-20(15-19)30(40)36-21-12-13-27(42-3)25(34)16-21/h5-13,15-16,18,24,28H,4,14,17H2,1-3H3,(H,35,38)(H,36,40)(H,37,39,41). The van der Waals surface area contributed by atoms with Gasteiger partial charge in [0.25, 0.3) is 5.91 Å². The largest absolute Gasteiger partial charge is 0.495 e. The van der Waals surface area contributed by atoms with E-state index in [1.54, 1.807) is 30.3 Å². The van der Waals surface area contributed by atoms with Gasteiger partial charge in [-0.25, -0.2) is 4.98 Å². The first-order valence-corrected chi connectivity index (χ1v) is 15.5. The Morgan fingerprint density at radius 2 is 1.88 bits per heavy atom. The van der Waals surface area contributed by atoms with Crippen molar-refractivity contribution >= 4 is 51.4 Å². The van der Waals surface area contributed by atoms with Crippen molar-refractivity contribution in [3.63, 3.8) is 0 Å². The van der Waals surface area contributed by atoms with Crippen LogP contribution in [-0.2, 0) is 4.79 Å². The Morgan fingerprint density at radius 1 is 1.07 bits per heavy atom. The number of nitrogens with zero attached hydrogens (tertiary/aromatic N) is 2. The molecule has 8 nitrogen and oxygen atoms in total. The van der Waals surface area contributed by atoms with E-state index in [1.165, 1.54) is 24.0 Å². The minimum atomic E-state index is -0.718. The number of nitrogens with one attached hydrogen (secondary N) is 3. The number of hydrogen-bond acceptors (Lipinski definition) is 7. The van der Waals surface area contributed by atoms with Gasteiger partial charge in [0.15, 0.2) is 5.13 Å². The number of carbonyl (C=O) groups excluding carboxylic acids is 2. The number of anilines is 2. The van der Waals surface area contributed by atoms with Crippen LogP contribution in [0.2, 0.25) is 5.02 Å². The third kappa shape index (κ3) is 5.50. The molecule has 220 valence electrons. The summed E-state index contributed by atoms with van der Waals surface area (Å²) in [6, 6.07) is 20.3. The average Bonchev–Trinajstić information content (AvgIpc) is 3.49. The molecule has 3 atom stereocenters. The summed E-state index contributed by atoms with van der Waals surface area (Å²) in [5, 5.41) is 12.2. The minimum Gasteiger partial charge on any atom is -0.495 e. The highest BCUT2D eigenvalue weighted by molar-refractivity contribution is 7.14. The number of rotatable bonds is 8. The highest BCUT2D eigenvalue weighted by Crippen LogP contribution is 2.55. The van der Waals surface area contributed by atoms with Crippen LogP contribution in [0.5, 0.6) is 5.75 Å². The quantitative estimate of drug-likeness (QED) is 0.193.